The quantitative estimate of drug-likeness (QED) is 0.480. The minimum absolute atomic E-state index is 0.0268. The number of nitrogens with zero attached hydrogens (tertiary/aromatic N) is 2. The predicted molar refractivity (Wildman–Crippen MR) is 147 cm³/mol. The first-order valence-electron chi connectivity index (χ1n) is 13.3. The highest BCUT2D eigenvalue weighted by Gasteiger charge is 2.50. The number of allylic oxidation sites excluding steroid dienone is 1. The normalized spacial score (nSPS) is 25.5. The Balaban J connectivity index is 1.88. The Bertz CT molecular complexity index is 1110. The van der Waals surface area contributed by atoms with Crippen LogP contribution in [0.2, 0.25) is 0 Å². The molecule has 36 heavy (non-hydrogen) atoms. The number of nitrogens with two attached hydrogens (primary N) is 1. The molecule has 0 saturated carbocycles. The summed E-state index contributed by atoms with van der Waals surface area (Å²) < 4.78 is 5.42. The molecule has 0 radical (unpaired) electrons. The van der Waals surface area contributed by atoms with E-state index in [9.17, 15) is 10.2 Å². The van der Waals surface area contributed by atoms with Crippen LogP contribution in [0.25, 0.3) is 11.1 Å². The lowest BCUT2D eigenvalue weighted by molar-refractivity contribution is -0.0633. The molecule has 0 spiro atoms. The number of hydrogen-bond donors (Lipinski definition) is 3. The third kappa shape index (κ3) is 4.53. The van der Waals surface area contributed by atoms with Gasteiger partial charge in [-0.15, -0.1) is 0 Å². The average Bonchev–Trinajstić information content (AvgIpc) is 3.36. The third-order valence-electron chi connectivity index (χ3n) is 9.10. The van der Waals surface area contributed by atoms with Gasteiger partial charge in [0, 0.05) is 37.3 Å². The highest BCUT2D eigenvalue weighted by molar-refractivity contribution is 5.76. The van der Waals surface area contributed by atoms with E-state index in [1.807, 2.05) is 26.4 Å². The second-order valence-electron chi connectivity index (χ2n) is 11.7. The van der Waals surface area contributed by atoms with Crippen LogP contribution < -0.4 is 10.6 Å². The van der Waals surface area contributed by atoms with Crippen LogP contribution in [-0.2, 0) is 12.8 Å². The maximum absolute atomic E-state index is 12.4. The monoisotopic (exact) mass is 495 g/mol. The van der Waals surface area contributed by atoms with Gasteiger partial charge in [-0.3, -0.25) is 0 Å². The van der Waals surface area contributed by atoms with Gasteiger partial charge in [0.05, 0.1) is 24.7 Å². The van der Waals surface area contributed by atoms with E-state index in [4.69, 9.17) is 10.2 Å². The lowest BCUT2D eigenvalue weighted by atomic mass is 9.59. The van der Waals surface area contributed by atoms with E-state index >= 15 is 0 Å². The van der Waals surface area contributed by atoms with E-state index in [-0.39, 0.29) is 24.5 Å². The van der Waals surface area contributed by atoms with Crippen LogP contribution in [0.15, 0.2) is 40.2 Å². The SMILES string of the molecule is CC1=C2Cc3c(C)c(-c4ccoc4)cc(N(C)C)c3C[C@H]2C[C@@H]([C@@H](CO)N(C)C)[C@@]1(O)CC(C)CN. The number of likely N-dealkylation sites (N-methyl/N-ethyl adjacent to an activating group) is 1. The number of anilines is 1. The summed E-state index contributed by atoms with van der Waals surface area (Å²) in [7, 11) is 8.24. The molecule has 4 N–H and O–H groups in total. The summed E-state index contributed by atoms with van der Waals surface area (Å²) in [4.78, 5) is 4.30. The lowest BCUT2D eigenvalue weighted by Gasteiger charge is -2.51. The molecular formula is C30H45N3O3. The first-order chi connectivity index (χ1) is 17.0. The van der Waals surface area contributed by atoms with Crippen molar-refractivity contribution < 1.29 is 14.6 Å². The van der Waals surface area contributed by atoms with Gasteiger partial charge in [0.2, 0.25) is 0 Å². The molecular weight excluding hydrogens is 450 g/mol. The van der Waals surface area contributed by atoms with Crippen LogP contribution in [0, 0.1) is 24.7 Å². The number of furan rings is 1. The number of hydrogen-bond acceptors (Lipinski definition) is 6. The van der Waals surface area contributed by atoms with E-state index in [2.05, 4.69) is 50.7 Å². The molecule has 1 aromatic heterocycles. The Labute approximate surface area is 216 Å². The van der Waals surface area contributed by atoms with Gasteiger partial charge in [-0.05, 0) is 112 Å². The number of fused-ring (bicyclic) bond motifs is 2. The minimum Gasteiger partial charge on any atom is -0.472 e. The summed E-state index contributed by atoms with van der Waals surface area (Å²) in [5, 5.41) is 22.8. The summed E-state index contributed by atoms with van der Waals surface area (Å²) in [6, 6.07) is 4.21. The Hall–Kier alpha value is -2.12. The van der Waals surface area contributed by atoms with Gasteiger partial charge in [-0.2, -0.15) is 0 Å². The molecule has 2 aliphatic rings. The van der Waals surface area contributed by atoms with E-state index in [1.165, 1.54) is 33.5 Å². The standard InChI is InChI=1S/C30H45N3O3/c1-18(15-31)14-30(35)20(3)25-12-24-19(2)23(21-8-9-36-17-21)13-28(32(4)5)26(24)10-22(25)11-27(30)29(16-34)33(6)7/h8-9,13,17-18,22,27,29,34-35H,10-12,14-16,31H2,1-7H3/t18?,22-,27-,29+,30+/m0/s1. The van der Waals surface area contributed by atoms with Crippen LogP contribution >= 0.6 is 0 Å². The maximum atomic E-state index is 12.4. The van der Waals surface area contributed by atoms with E-state index in [0.29, 0.717) is 18.9 Å². The van der Waals surface area contributed by atoms with Crippen molar-refractivity contribution in [3.05, 3.63) is 52.5 Å². The van der Waals surface area contributed by atoms with Crippen molar-refractivity contribution in [3.8, 4) is 11.1 Å². The topological polar surface area (TPSA) is 86.1 Å². The number of aliphatic hydroxyl groups is 2. The van der Waals surface area contributed by atoms with Crippen molar-refractivity contribution in [2.75, 3.05) is 46.2 Å². The van der Waals surface area contributed by atoms with Gasteiger partial charge >= 0.3 is 0 Å². The van der Waals surface area contributed by atoms with Crippen molar-refractivity contribution in [3.63, 3.8) is 0 Å². The molecule has 0 fully saturated rings. The van der Waals surface area contributed by atoms with Crippen molar-refractivity contribution in [1.29, 1.82) is 0 Å². The molecule has 0 amide bonds. The molecule has 6 nitrogen and oxygen atoms in total. The predicted octanol–water partition coefficient (Wildman–Crippen LogP) is 4.01. The Kier molecular flexibility index (Phi) is 7.73. The van der Waals surface area contributed by atoms with Crippen LogP contribution in [-0.4, -0.2) is 68.1 Å². The zero-order chi connectivity index (χ0) is 26.4. The second kappa shape index (κ2) is 10.3. The minimum atomic E-state index is -0.986. The van der Waals surface area contributed by atoms with Gasteiger partial charge < -0.3 is 30.2 Å². The van der Waals surface area contributed by atoms with Gasteiger partial charge in [0.15, 0.2) is 0 Å². The maximum Gasteiger partial charge on any atom is 0.0981 e. The van der Waals surface area contributed by atoms with Crippen molar-refractivity contribution in [2.45, 2.75) is 58.1 Å². The van der Waals surface area contributed by atoms with Crippen LogP contribution in [0.4, 0.5) is 5.69 Å². The molecule has 1 aromatic carbocycles. The molecule has 198 valence electrons. The molecule has 2 aliphatic carbocycles. The molecule has 0 saturated heterocycles. The fourth-order valence-electron chi connectivity index (χ4n) is 6.93. The molecule has 1 unspecified atom stereocenters. The Morgan fingerprint density at radius 2 is 1.92 bits per heavy atom. The van der Waals surface area contributed by atoms with Crippen LogP contribution in [0.3, 0.4) is 0 Å². The van der Waals surface area contributed by atoms with Crippen LogP contribution in [0.1, 0.15) is 43.4 Å². The molecule has 6 heteroatoms. The fraction of sp³-hybridized carbons (Fsp3) is 0.600. The Morgan fingerprint density at radius 3 is 2.47 bits per heavy atom. The summed E-state index contributed by atoms with van der Waals surface area (Å²) in [5.74, 6) is 0.482. The van der Waals surface area contributed by atoms with Gasteiger partial charge in [-0.1, -0.05) is 12.5 Å². The van der Waals surface area contributed by atoms with Crippen molar-refractivity contribution in [1.82, 2.24) is 4.90 Å². The third-order valence-corrected chi connectivity index (χ3v) is 9.10. The van der Waals surface area contributed by atoms with Crippen LogP contribution in [0.5, 0.6) is 0 Å². The van der Waals surface area contributed by atoms with Gasteiger partial charge in [-0.25, -0.2) is 0 Å². The molecule has 4 rings (SSSR count). The Morgan fingerprint density at radius 1 is 1.19 bits per heavy atom. The zero-order valence-corrected chi connectivity index (χ0v) is 23.1. The smallest absolute Gasteiger partial charge is 0.0981 e. The summed E-state index contributed by atoms with van der Waals surface area (Å²) in [5.41, 5.74) is 15.1. The number of aliphatic hydroxyl groups excluding tert-OH is 1. The average molecular weight is 496 g/mol. The molecule has 0 aliphatic heterocycles. The fourth-order valence-corrected chi connectivity index (χ4v) is 6.93. The van der Waals surface area contributed by atoms with E-state index < -0.39 is 5.60 Å². The van der Waals surface area contributed by atoms with E-state index in [0.717, 1.165) is 30.4 Å². The van der Waals surface area contributed by atoms with Gasteiger partial charge in [0.1, 0.15) is 0 Å². The van der Waals surface area contributed by atoms with Gasteiger partial charge in [0.25, 0.3) is 0 Å². The highest BCUT2D eigenvalue weighted by atomic mass is 16.3. The summed E-state index contributed by atoms with van der Waals surface area (Å²) >= 11 is 0. The van der Waals surface area contributed by atoms with E-state index in [1.54, 1.807) is 6.26 Å². The molecule has 1 heterocycles. The second-order valence-corrected chi connectivity index (χ2v) is 11.7. The van der Waals surface area contributed by atoms with Crippen molar-refractivity contribution >= 4 is 5.69 Å². The first-order valence-corrected chi connectivity index (χ1v) is 13.3. The van der Waals surface area contributed by atoms with Crippen molar-refractivity contribution in [2.24, 2.45) is 23.5 Å². The summed E-state index contributed by atoms with van der Waals surface area (Å²) in [6.07, 6.45) is 6.82. The lowest BCUT2D eigenvalue weighted by Crippen LogP contribution is -2.56. The molecule has 2 aromatic rings. The largest absolute Gasteiger partial charge is 0.472 e. The molecule has 5 atom stereocenters. The number of rotatable bonds is 8. The zero-order valence-electron chi connectivity index (χ0n) is 23.1. The highest BCUT2D eigenvalue weighted by Crippen LogP contribution is 2.52. The molecule has 0 bridgehead atoms. The number of benzene rings is 1. The first kappa shape index (κ1) is 26.9. The summed E-state index contributed by atoms with van der Waals surface area (Å²) in [6.45, 7) is 7.03.